The Morgan fingerprint density at radius 1 is 1.62 bits per heavy atom. The minimum Gasteiger partial charge on any atom is -0.379 e. The Balaban J connectivity index is 2.33. The maximum Gasteiger partial charge on any atom is 0.254 e. The van der Waals surface area contributed by atoms with Crippen molar-refractivity contribution in [3.8, 4) is 0 Å². The Morgan fingerprint density at radius 2 is 2.38 bits per heavy atom. The molecule has 0 fully saturated rings. The molecule has 0 radical (unpaired) electrons. The standard InChI is InChI=1S/C10H16BrN3O2/c1-8-9(7-13-14(8)2)10(15)12-4-6-16-5-3-11/h7H,3-6H2,1-2H3,(H,12,15). The van der Waals surface area contributed by atoms with Crippen LogP contribution in [0.25, 0.3) is 0 Å². The largest absolute Gasteiger partial charge is 0.379 e. The summed E-state index contributed by atoms with van der Waals surface area (Å²) in [6.07, 6.45) is 1.57. The third-order valence-corrected chi connectivity index (χ3v) is 2.56. The van der Waals surface area contributed by atoms with Gasteiger partial charge in [-0.25, -0.2) is 0 Å². The summed E-state index contributed by atoms with van der Waals surface area (Å²) in [6, 6.07) is 0. The Kier molecular flexibility index (Phi) is 5.48. The topological polar surface area (TPSA) is 56.1 Å². The molecule has 90 valence electrons. The van der Waals surface area contributed by atoms with Gasteiger partial charge < -0.3 is 10.1 Å². The maximum atomic E-state index is 11.7. The van der Waals surface area contributed by atoms with Crippen LogP contribution in [-0.4, -0.2) is 40.8 Å². The molecule has 1 amide bonds. The molecule has 1 heterocycles. The third-order valence-electron chi connectivity index (χ3n) is 2.23. The van der Waals surface area contributed by atoms with Gasteiger partial charge in [0.25, 0.3) is 5.91 Å². The Morgan fingerprint density at radius 3 is 2.94 bits per heavy atom. The van der Waals surface area contributed by atoms with Gasteiger partial charge in [-0.2, -0.15) is 5.10 Å². The molecule has 0 atom stereocenters. The summed E-state index contributed by atoms with van der Waals surface area (Å²) >= 11 is 3.26. The van der Waals surface area contributed by atoms with Crippen LogP contribution in [0.4, 0.5) is 0 Å². The van der Waals surface area contributed by atoms with Gasteiger partial charge in [0, 0.05) is 24.6 Å². The van der Waals surface area contributed by atoms with Crippen molar-refractivity contribution in [1.82, 2.24) is 15.1 Å². The van der Waals surface area contributed by atoms with E-state index in [9.17, 15) is 4.79 Å². The third kappa shape index (κ3) is 3.61. The highest BCUT2D eigenvalue weighted by atomic mass is 79.9. The molecule has 0 spiro atoms. The lowest BCUT2D eigenvalue weighted by Gasteiger charge is -2.05. The second-order valence-corrected chi connectivity index (χ2v) is 4.12. The number of alkyl halides is 1. The summed E-state index contributed by atoms with van der Waals surface area (Å²) in [7, 11) is 1.81. The molecule has 0 bridgehead atoms. The number of hydrogen-bond donors (Lipinski definition) is 1. The normalized spacial score (nSPS) is 10.4. The molecule has 1 aromatic rings. The van der Waals surface area contributed by atoms with Crippen molar-refractivity contribution in [2.24, 2.45) is 7.05 Å². The van der Waals surface area contributed by atoms with Crippen molar-refractivity contribution in [2.45, 2.75) is 6.92 Å². The van der Waals surface area contributed by atoms with E-state index in [0.29, 0.717) is 25.3 Å². The summed E-state index contributed by atoms with van der Waals surface area (Å²) in [5.74, 6) is -0.104. The lowest BCUT2D eigenvalue weighted by atomic mass is 10.2. The highest BCUT2D eigenvalue weighted by Gasteiger charge is 2.11. The molecule has 0 saturated carbocycles. The van der Waals surface area contributed by atoms with E-state index in [4.69, 9.17) is 4.74 Å². The fraction of sp³-hybridized carbons (Fsp3) is 0.600. The molecular weight excluding hydrogens is 274 g/mol. The van der Waals surface area contributed by atoms with Gasteiger partial charge in [-0.15, -0.1) is 0 Å². The van der Waals surface area contributed by atoms with E-state index in [0.717, 1.165) is 11.0 Å². The van der Waals surface area contributed by atoms with Crippen LogP contribution in [0.15, 0.2) is 6.20 Å². The fourth-order valence-electron chi connectivity index (χ4n) is 1.21. The van der Waals surface area contributed by atoms with Crippen LogP contribution in [-0.2, 0) is 11.8 Å². The van der Waals surface area contributed by atoms with Crippen molar-refractivity contribution >= 4 is 21.8 Å². The van der Waals surface area contributed by atoms with E-state index in [-0.39, 0.29) is 5.91 Å². The predicted molar refractivity (Wildman–Crippen MR) is 64.9 cm³/mol. The minimum atomic E-state index is -0.104. The number of rotatable bonds is 6. The smallest absolute Gasteiger partial charge is 0.254 e. The van der Waals surface area contributed by atoms with E-state index in [1.807, 2.05) is 14.0 Å². The highest BCUT2D eigenvalue weighted by Crippen LogP contribution is 2.04. The molecule has 0 unspecified atom stereocenters. The average Bonchev–Trinajstić information content (AvgIpc) is 2.59. The number of aryl methyl sites for hydroxylation is 1. The van der Waals surface area contributed by atoms with E-state index in [1.54, 1.807) is 10.9 Å². The van der Waals surface area contributed by atoms with Crippen LogP contribution in [0.3, 0.4) is 0 Å². The van der Waals surface area contributed by atoms with Gasteiger partial charge in [0.15, 0.2) is 0 Å². The van der Waals surface area contributed by atoms with Gasteiger partial charge in [-0.3, -0.25) is 9.48 Å². The molecule has 16 heavy (non-hydrogen) atoms. The van der Waals surface area contributed by atoms with Gasteiger partial charge >= 0.3 is 0 Å². The van der Waals surface area contributed by atoms with Crippen LogP contribution >= 0.6 is 15.9 Å². The van der Waals surface area contributed by atoms with Crippen molar-refractivity contribution in [2.75, 3.05) is 25.1 Å². The van der Waals surface area contributed by atoms with Crippen molar-refractivity contribution in [3.05, 3.63) is 17.5 Å². The number of hydrogen-bond acceptors (Lipinski definition) is 3. The van der Waals surface area contributed by atoms with Gasteiger partial charge in [0.05, 0.1) is 25.0 Å². The molecule has 1 N–H and O–H groups in total. The monoisotopic (exact) mass is 289 g/mol. The first-order valence-corrected chi connectivity index (χ1v) is 6.19. The van der Waals surface area contributed by atoms with E-state index in [2.05, 4.69) is 26.3 Å². The van der Waals surface area contributed by atoms with Gasteiger partial charge in [-0.05, 0) is 6.92 Å². The molecule has 0 aliphatic rings. The molecule has 5 nitrogen and oxygen atoms in total. The van der Waals surface area contributed by atoms with Gasteiger partial charge in [-0.1, -0.05) is 15.9 Å². The SMILES string of the molecule is Cc1c(C(=O)NCCOCCBr)cnn1C. The Bertz CT molecular complexity index is 352. The molecule has 6 heteroatoms. The fourth-order valence-corrected chi connectivity index (χ4v) is 1.44. The summed E-state index contributed by atoms with van der Waals surface area (Å²) in [5, 5.41) is 7.60. The molecule has 1 rings (SSSR count). The van der Waals surface area contributed by atoms with Crippen LogP contribution < -0.4 is 5.32 Å². The lowest BCUT2D eigenvalue weighted by molar-refractivity contribution is 0.0923. The lowest BCUT2D eigenvalue weighted by Crippen LogP contribution is -2.27. The molecule has 1 aromatic heterocycles. The summed E-state index contributed by atoms with van der Waals surface area (Å²) < 4.78 is 6.90. The molecule has 0 aromatic carbocycles. The Hall–Kier alpha value is -0.880. The van der Waals surface area contributed by atoms with E-state index < -0.39 is 0 Å². The quantitative estimate of drug-likeness (QED) is 0.625. The Labute approximate surface area is 103 Å². The molecule has 0 saturated heterocycles. The first kappa shape index (κ1) is 13.2. The second-order valence-electron chi connectivity index (χ2n) is 3.32. The number of aromatic nitrogens is 2. The van der Waals surface area contributed by atoms with Gasteiger partial charge in [0.1, 0.15) is 0 Å². The second kappa shape index (κ2) is 6.65. The first-order valence-electron chi connectivity index (χ1n) is 5.07. The van der Waals surface area contributed by atoms with Crippen molar-refractivity contribution in [3.63, 3.8) is 0 Å². The number of amides is 1. The average molecular weight is 290 g/mol. The maximum absolute atomic E-state index is 11.7. The van der Waals surface area contributed by atoms with Crippen LogP contribution in [0.2, 0.25) is 0 Å². The van der Waals surface area contributed by atoms with E-state index in [1.165, 1.54) is 0 Å². The summed E-state index contributed by atoms with van der Waals surface area (Å²) in [6.45, 7) is 3.56. The number of carbonyl (C=O) groups excluding carboxylic acids is 1. The zero-order valence-electron chi connectivity index (χ0n) is 9.49. The molecule has 0 aliphatic carbocycles. The number of carbonyl (C=O) groups is 1. The number of nitrogens with zero attached hydrogens (tertiary/aromatic N) is 2. The van der Waals surface area contributed by atoms with Crippen molar-refractivity contribution < 1.29 is 9.53 Å². The van der Waals surface area contributed by atoms with Crippen LogP contribution in [0.1, 0.15) is 16.1 Å². The number of ether oxygens (including phenoxy) is 1. The number of halogens is 1. The molecule has 0 aliphatic heterocycles. The van der Waals surface area contributed by atoms with Crippen molar-refractivity contribution in [1.29, 1.82) is 0 Å². The van der Waals surface area contributed by atoms with Crippen LogP contribution in [0, 0.1) is 6.92 Å². The summed E-state index contributed by atoms with van der Waals surface area (Å²) in [4.78, 5) is 11.7. The predicted octanol–water partition coefficient (Wildman–Crippen LogP) is 0.870. The summed E-state index contributed by atoms with van der Waals surface area (Å²) in [5.41, 5.74) is 1.47. The van der Waals surface area contributed by atoms with E-state index >= 15 is 0 Å². The van der Waals surface area contributed by atoms with Crippen LogP contribution in [0.5, 0.6) is 0 Å². The first-order chi connectivity index (χ1) is 7.66. The number of nitrogens with one attached hydrogen (secondary N) is 1. The highest BCUT2D eigenvalue weighted by molar-refractivity contribution is 9.09. The minimum absolute atomic E-state index is 0.104. The molecular formula is C10H16BrN3O2. The van der Waals surface area contributed by atoms with Gasteiger partial charge in [0.2, 0.25) is 0 Å². The zero-order valence-corrected chi connectivity index (χ0v) is 11.1. The zero-order chi connectivity index (χ0) is 12.0.